The van der Waals surface area contributed by atoms with Gasteiger partial charge in [0.1, 0.15) is 5.82 Å². The second-order valence-corrected chi connectivity index (χ2v) is 6.00. The summed E-state index contributed by atoms with van der Waals surface area (Å²) in [4.78, 5) is 16.7. The molecular weight excluding hydrogens is 295 g/mol. The number of halogens is 1. The normalized spacial score (nSPS) is 15.9. The Kier molecular flexibility index (Phi) is 4.43. The number of hydrogen-bond donors (Lipinski definition) is 0. The highest BCUT2D eigenvalue weighted by Crippen LogP contribution is 2.13. The number of piperazine rings is 1. The average Bonchev–Trinajstić information content (AvgIpc) is 2.88. The van der Waals surface area contributed by atoms with E-state index in [4.69, 9.17) is 0 Å². The summed E-state index contributed by atoms with van der Waals surface area (Å²) in [5, 5.41) is 4.23. The van der Waals surface area contributed by atoms with Crippen molar-refractivity contribution < 1.29 is 9.18 Å². The molecule has 2 heterocycles. The van der Waals surface area contributed by atoms with Gasteiger partial charge in [-0.1, -0.05) is 12.1 Å². The molecule has 1 aliphatic rings. The molecule has 1 aromatic heterocycles. The van der Waals surface area contributed by atoms with Crippen LogP contribution in [-0.4, -0.2) is 51.7 Å². The maximum absolute atomic E-state index is 12.9. The number of carbonyl (C=O) groups is 1. The van der Waals surface area contributed by atoms with E-state index in [-0.39, 0.29) is 11.7 Å². The van der Waals surface area contributed by atoms with Crippen LogP contribution < -0.4 is 0 Å². The predicted molar refractivity (Wildman–Crippen MR) is 85.5 cm³/mol. The van der Waals surface area contributed by atoms with Gasteiger partial charge in [0.2, 0.25) is 0 Å². The summed E-state index contributed by atoms with van der Waals surface area (Å²) in [5.74, 6) is -0.159. The van der Waals surface area contributed by atoms with Gasteiger partial charge in [-0.2, -0.15) is 5.10 Å². The minimum absolute atomic E-state index is 0.0528. The largest absolute Gasteiger partial charge is 0.336 e. The highest BCUT2D eigenvalue weighted by Gasteiger charge is 2.24. The molecule has 1 aliphatic heterocycles. The topological polar surface area (TPSA) is 41.4 Å². The molecule has 0 N–H and O–H groups in total. The van der Waals surface area contributed by atoms with E-state index in [0.29, 0.717) is 18.7 Å². The summed E-state index contributed by atoms with van der Waals surface area (Å²) in [6.45, 7) is 5.69. The van der Waals surface area contributed by atoms with Crippen LogP contribution in [0.3, 0.4) is 0 Å². The second-order valence-electron chi connectivity index (χ2n) is 6.00. The number of aromatic nitrogens is 2. The second kappa shape index (κ2) is 6.50. The van der Waals surface area contributed by atoms with Crippen LogP contribution in [0, 0.1) is 12.7 Å². The van der Waals surface area contributed by atoms with Crippen molar-refractivity contribution in [3.05, 3.63) is 53.1 Å². The molecule has 0 saturated carbocycles. The smallest absolute Gasteiger partial charge is 0.257 e. The lowest BCUT2D eigenvalue weighted by molar-refractivity contribution is 0.0627. The number of rotatable bonds is 3. The quantitative estimate of drug-likeness (QED) is 0.867. The van der Waals surface area contributed by atoms with E-state index in [1.54, 1.807) is 10.9 Å². The van der Waals surface area contributed by atoms with Gasteiger partial charge in [0.05, 0.1) is 11.3 Å². The highest BCUT2D eigenvalue weighted by atomic mass is 19.1. The molecule has 0 spiro atoms. The summed E-state index contributed by atoms with van der Waals surface area (Å²) in [5.41, 5.74) is 2.54. The minimum atomic E-state index is -0.212. The summed E-state index contributed by atoms with van der Waals surface area (Å²) >= 11 is 0. The third-order valence-electron chi connectivity index (χ3n) is 4.22. The highest BCUT2D eigenvalue weighted by molar-refractivity contribution is 5.95. The van der Waals surface area contributed by atoms with Crippen LogP contribution in [-0.2, 0) is 13.6 Å². The molecule has 2 aromatic rings. The fraction of sp³-hybridized carbons (Fsp3) is 0.412. The molecule has 0 atom stereocenters. The Morgan fingerprint density at radius 1 is 1.17 bits per heavy atom. The lowest BCUT2D eigenvalue weighted by Crippen LogP contribution is -2.48. The number of benzene rings is 1. The first-order chi connectivity index (χ1) is 11.0. The standard InChI is InChI=1S/C17H21FN4O/c1-13-16(12-20(2)19-13)17(23)22-9-7-21(8-10-22)11-14-3-5-15(18)6-4-14/h3-6,12H,7-11H2,1-2H3. The fourth-order valence-corrected chi connectivity index (χ4v) is 2.94. The molecule has 1 fully saturated rings. The van der Waals surface area contributed by atoms with Crippen molar-refractivity contribution in [2.75, 3.05) is 26.2 Å². The van der Waals surface area contributed by atoms with Crippen LogP contribution in [0.15, 0.2) is 30.5 Å². The van der Waals surface area contributed by atoms with Crippen molar-refractivity contribution in [3.63, 3.8) is 0 Å². The number of carbonyl (C=O) groups excluding carboxylic acids is 1. The molecule has 0 unspecified atom stereocenters. The van der Waals surface area contributed by atoms with E-state index >= 15 is 0 Å². The SMILES string of the molecule is Cc1nn(C)cc1C(=O)N1CCN(Cc2ccc(F)cc2)CC1. The lowest BCUT2D eigenvalue weighted by Gasteiger charge is -2.34. The van der Waals surface area contributed by atoms with Crippen LogP contribution in [0.2, 0.25) is 0 Å². The van der Waals surface area contributed by atoms with Crippen molar-refractivity contribution in [1.82, 2.24) is 19.6 Å². The van der Waals surface area contributed by atoms with E-state index in [1.807, 2.05) is 31.0 Å². The van der Waals surface area contributed by atoms with Crippen molar-refractivity contribution in [3.8, 4) is 0 Å². The summed E-state index contributed by atoms with van der Waals surface area (Å²) in [6.07, 6.45) is 1.78. The first-order valence-electron chi connectivity index (χ1n) is 7.79. The van der Waals surface area contributed by atoms with Crippen LogP contribution in [0.25, 0.3) is 0 Å². The number of nitrogens with zero attached hydrogens (tertiary/aromatic N) is 4. The average molecular weight is 316 g/mol. The number of hydrogen-bond acceptors (Lipinski definition) is 3. The van der Waals surface area contributed by atoms with Gasteiger partial charge in [-0.05, 0) is 24.6 Å². The Hall–Kier alpha value is -2.21. The van der Waals surface area contributed by atoms with Gasteiger partial charge in [0.25, 0.3) is 5.91 Å². The molecule has 6 heteroatoms. The Morgan fingerprint density at radius 3 is 2.39 bits per heavy atom. The van der Waals surface area contributed by atoms with Crippen molar-refractivity contribution in [2.24, 2.45) is 7.05 Å². The maximum Gasteiger partial charge on any atom is 0.257 e. The van der Waals surface area contributed by atoms with Gasteiger partial charge < -0.3 is 4.90 Å². The van der Waals surface area contributed by atoms with E-state index < -0.39 is 0 Å². The zero-order chi connectivity index (χ0) is 16.4. The Morgan fingerprint density at radius 2 is 1.83 bits per heavy atom. The van der Waals surface area contributed by atoms with Gasteiger partial charge in [0, 0.05) is 46.0 Å². The van der Waals surface area contributed by atoms with Gasteiger partial charge in [-0.15, -0.1) is 0 Å². The van der Waals surface area contributed by atoms with Crippen LogP contribution in [0.1, 0.15) is 21.6 Å². The molecule has 1 amide bonds. The summed E-state index contributed by atoms with van der Waals surface area (Å²) in [7, 11) is 1.82. The van der Waals surface area contributed by atoms with Gasteiger partial charge in [0.15, 0.2) is 0 Å². The molecule has 1 aromatic carbocycles. The Labute approximate surface area is 135 Å². The zero-order valence-corrected chi connectivity index (χ0v) is 13.5. The summed E-state index contributed by atoms with van der Waals surface area (Å²) < 4.78 is 14.6. The summed E-state index contributed by atoms with van der Waals surface area (Å²) in [6, 6.07) is 6.60. The Bertz CT molecular complexity index is 687. The molecule has 23 heavy (non-hydrogen) atoms. The minimum Gasteiger partial charge on any atom is -0.336 e. The molecule has 122 valence electrons. The molecule has 0 aliphatic carbocycles. The first-order valence-corrected chi connectivity index (χ1v) is 7.79. The van der Waals surface area contributed by atoms with Gasteiger partial charge in [-0.25, -0.2) is 4.39 Å². The molecule has 1 saturated heterocycles. The van der Waals surface area contributed by atoms with E-state index in [9.17, 15) is 9.18 Å². The van der Waals surface area contributed by atoms with Crippen molar-refractivity contribution >= 4 is 5.91 Å². The molecule has 0 radical (unpaired) electrons. The van der Waals surface area contributed by atoms with Crippen LogP contribution in [0.4, 0.5) is 4.39 Å². The molecule has 5 nitrogen and oxygen atoms in total. The lowest BCUT2D eigenvalue weighted by atomic mass is 10.1. The van der Waals surface area contributed by atoms with E-state index in [2.05, 4.69) is 10.00 Å². The van der Waals surface area contributed by atoms with Crippen LogP contribution in [0.5, 0.6) is 0 Å². The van der Waals surface area contributed by atoms with Crippen molar-refractivity contribution in [1.29, 1.82) is 0 Å². The molecule has 0 bridgehead atoms. The third-order valence-corrected chi connectivity index (χ3v) is 4.22. The van der Waals surface area contributed by atoms with Gasteiger partial charge >= 0.3 is 0 Å². The Balaban J connectivity index is 1.57. The monoisotopic (exact) mass is 316 g/mol. The fourth-order valence-electron chi connectivity index (χ4n) is 2.94. The van der Waals surface area contributed by atoms with Crippen molar-refractivity contribution in [2.45, 2.75) is 13.5 Å². The first kappa shape index (κ1) is 15.7. The zero-order valence-electron chi connectivity index (χ0n) is 13.5. The third kappa shape index (κ3) is 3.59. The van der Waals surface area contributed by atoms with Gasteiger partial charge in [-0.3, -0.25) is 14.4 Å². The maximum atomic E-state index is 12.9. The number of amides is 1. The van der Waals surface area contributed by atoms with E-state index in [0.717, 1.165) is 30.9 Å². The predicted octanol–water partition coefficient (Wildman–Crippen LogP) is 1.83. The molecule has 3 rings (SSSR count). The number of aryl methyl sites for hydroxylation is 2. The van der Waals surface area contributed by atoms with Crippen LogP contribution >= 0.6 is 0 Å². The van der Waals surface area contributed by atoms with E-state index in [1.165, 1.54) is 12.1 Å². The molecular formula is C17H21FN4O.